The first-order chi connectivity index (χ1) is 11.9. The zero-order valence-corrected chi connectivity index (χ0v) is 13.8. The summed E-state index contributed by atoms with van der Waals surface area (Å²) in [7, 11) is 0. The molecule has 0 radical (unpaired) electrons. The molecule has 0 spiro atoms. The van der Waals surface area contributed by atoms with Crippen molar-refractivity contribution in [2.45, 2.75) is 13.8 Å². The molecular formula is C17H18N4O4. The summed E-state index contributed by atoms with van der Waals surface area (Å²) in [6, 6.07) is 10.0. The maximum absolute atomic E-state index is 11.7. The molecule has 0 aliphatic carbocycles. The zero-order valence-electron chi connectivity index (χ0n) is 13.8. The number of rotatable bonds is 6. The van der Waals surface area contributed by atoms with Crippen molar-refractivity contribution in [3.63, 3.8) is 0 Å². The SMILES string of the molecule is Cc1ccc(NCC(=O)N/N=C\c2cc([N+](=O)[O-])cc(C)c2O)cc1. The number of anilines is 1. The summed E-state index contributed by atoms with van der Waals surface area (Å²) in [4.78, 5) is 22.0. The van der Waals surface area contributed by atoms with Gasteiger partial charge in [-0.3, -0.25) is 14.9 Å². The van der Waals surface area contributed by atoms with Crippen LogP contribution in [-0.2, 0) is 4.79 Å². The summed E-state index contributed by atoms with van der Waals surface area (Å²) in [5.74, 6) is -0.514. The van der Waals surface area contributed by atoms with E-state index < -0.39 is 10.8 Å². The molecule has 1 amide bonds. The summed E-state index contributed by atoms with van der Waals surface area (Å²) in [6.07, 6.45) is 1.17. The number of carbonyl (C=O) groups is 1. The lowest BCUT2D eigenvalue weighted by Crippen LogP contribution is -2.25. The molecule has 130 valence electrons. The van der Waals surface area contributed by atoms with Crippen molar-refractivity contribution in [3.8, 4) is 5.75 Å². The van der Waals surface area contributed by atoms with Gasteiger partial charge in [-0.2, -0.15) is 5.10 Å². The first-order valence-corrected chi connectivity index (χ1v) is 7.47. The topological polar surface area (TPSA) is 117 Å². The number of aromatic hydroxyl groups is 1. The molecule has 0 aliphatic heterocycles. The van der Waals surface area contributed by atoms with Crippen molar-refractivity contribution >= 4 is 23.5 Å². The van der Waals surface area contributed by atoms with Crippen LogP contribution in [-0.4, -0.2) is 28.7 Å². The van der Waals surface area contributed by atoms with Crippen LogP contribution in [0.4, 0.5) is 11.4 Å². The van der Waals surface area contributed by atoms with Crippen molar-refractivity contribution < 1.29 is 14.8 Å². The number of benzene rings is 2. The highest BCUT2D eigenvalue weighted by Gasteiger charge is 2.12. The van der Waals surface area contributed by atoms with E-state index >= 15 is 0 Å². The molecule has 0 saturated carbocycles. The molecular weight excluding hydrogens is 324 g/mol. The number of hydrazone groups is 1. The maximum Gasteiger partial charge on any atom is 0.270 e. The first kappa shape index (κ1) is 17.9. The minimum Gasteiger partial charge on any atom is -0.507 e. The molecule has 0 saturated heterocycles. The van der Waals surface area contributed by atoms with E-state index in [1.807, 2.05) is 31.2 Å². The number of non-ortho nitro benzene ring substituents is 1. The van der Waals surface area contributed by atoms with E-state index in [0.717, 1.165) is 11.3 Å². The van der Waals surface area contributed by atoms with Crippen LogP contribution >= 0.6 is 0 Å². The Hall–Kier alpha value is -3.42. The van der Waals surface area contributed by atoms with E-state index in [0.29, 0.717) is 5.56 Å². The summed E-state index contributed by atoms with van der Waals surface area (Å²) >= 11 is 0. The van der Waals surface area contributed by atoms with Gasteiger partial charge in [0.05, 0.1) is 17.7 Å². The maximum atomic E-state index is 11.7. The largest absolute Gasteiger partial charge is 0.507 e. The molecule has 2 aromatic rings. The van der Waals surface area contributed by atoms with E-state index in [4.69, 9.17) is 0 Å². The van der Waals surface area contributed by atoms with Crippen molar-refractivity contribution in [2.75, 3.05) is 11.9 Å². The Balaban J connectivity index is 1.95. The van der Waals surface area contributed by atoms with Crippen molar-refractivity contribution in [2.24, 2.45) is 5.10 Å². The van der Waals surface area contributed by atoms with E-state index in [9.17, 15) is 20.0 Å². The Bertz CT molecular complexity index is 816. The predicted molar refractivity (Wildman–Crippen MR) is 94.9 cm³/mol. The Morgan fingerprint density at radius 3 is 2.60 bits per heavy atom. The number of nitrogens with one attached hydrogen (secondary N) is 2. The van der Waals surface area contributed by atoms with Crippen molar-refractivity contribution in [1.82, 2.24) is 5.43 Å². The van der Waals surface area contributed by atoms with Crippen molar-refractivity contribution in [1.29, 1.82) is 0 Å². The summed E-state index contributed by atoms with van der Waals surface area (Å²) in [5, 5.41) is 27.4. The van der Waals surface area contributed by atoms with Crippen molar-refractivity contribution in [3.05, 3.63) is 63.2 Å². The number of aryl methyl sites for hydroxylation is 2. The van der Waals surface area contributed by atoms with Crippen LogP contribution in [0.3, 0.4) is 0 Å². The van der Waals surface area contributed by atoms with Gasteiger partial charge < -0.3 is 10.4 Å². The molecule has 0 bridgehead atoms. The van der Waals surface area contributed by atoms with E-state index in [2.05, 4.69) is 15.8 Å². The highest BCUT2D eigenvalue weighted by molar-refractivity contribution is 5.87. The van der Waals surface area contributed by atoms with Gasteiger partial charge in [0.2, 0.25) is 0 Å². The third-order valence-corrected chi connectivity index (χ3v) is 3.42. The average molecular weight is 342 g/mol. The van der Waals surface area contributed by atoms with Crippen LogP contribution in [0.25, 0.3) is 0 Å². The molecule has 0 heterocycles. The van der Waals surface area contributed by atoms with E-state index in [1.165, 1.54) is 18.3 Å². The minimum absolute atomic E-state index is 0.0142. The Morgan fingerprint density at radius 2 is 1.96 bits per heavy atom. The fraction of sp³-hybridized carbons (Fsp3) is 0.176. The van der Waals surface area contributed by atoms with Gasteiger partial charge in [0.25, 0.3) is 11.6 Å². The average Bonchev–Trinajstić information content (AvgIpc) is 2.57. The Kier molecular flexibility index (Phi) is 5.67. The number of amides is 1. The van der Waals surface area contributed by atoms with Crippen LogP contribution in [0, 0.1) is 24.0 Å². The van der Waals surface area contributed by atoms with Gasteiger partial charge in [0.1, 0.15) is 5.75 Å². The van der Waals surface area contributed by atoms with Crippen LogP contribution in [0.15, 0.2) is 41.5 Å². The van der Waals surface area contributed by atoms with Gasteiger partial charge in [-0.1, -0.05) is 17.7 Å². The highest BCUT2D eigenvalue weighted by Crippen LogP contribution is 2.26. The van der Waals surface area contributed by atoms with Crippen LogP contribution in [0.5, 0.6) is 5.75 Å². The van der Waals surface area contributed by atoms with Gasteiger partial charge in [0.15, 0.2) is 0 Å². The quantitative estimate of drug-likeness (QED) is 0.423. The Morgan fingerprint density at radius 1 is 1.28 bits per heavy atom. The summed E-state index contributed by atoms with van der Waals surface area (Å²) in [5.41, 5.74) is 4.55. The molecule has 0 atom stereocenters. The molecule has 2 aromatic carbocycles. The van der Waals surface area contributed by atoms with Gasteiger partial charge in [-0.15, -0.1) is 0 Å². The summed E-state index contributed by atoms with van der Waals surface area (Å²) in [6.45, 7) is 3.53. The molecule has 8 nitrogen and oxygen atoms in total. The number of phenolic OH excluding ortho intramolecular Hbond substituents is 1. The van der Waals surface area contributed by atoms with Crippen LogP contribution in [0.1, 0.15) is 16.7 Å². The molecule has 0 unspecified atom stereocenters. The molecule has 0 fully saturated rings. The monoisotopic (exact) mass is 342 g/mol. The number of hydrogen-bond acceptors (Lipinski definition) is 6. The predicted octanol–water partition coefficient (Wildman–Crippen LogP) is 2.48. The molecule has 8 heteroatoms. The molecule has 25 heavy (non-hydrogen) atoms. The normalized spacial score (nSPS) is 10.6. The number of nitro benzene ring substituents is 1. The van der Waals surface area contributed by atoms with Gasteiger partial charge in [-0.25, -0.2) is 5.43 Å². The minimum atomic E-state index is -0.562. The van der Waals surface area contributed by atoms with Crippen LogP contribution < -0.4 is 10.7 Å². The second-order valence-corrected chi connectivity index (χ2v) is 5.47. The van der Waals surface area contributed by atoms with Gasteiger partial charge in [-0.05, 0) is 31.5 Å². The van der Waals surface area contributed by atoms with E-state index in [1.54, 1.807) is 6.92 Å². The lowest BCUT2D eigenvalue weighted by Gasteiger charge is -2.06. The van der Waals surface area contributed by atoms with Gasteiger partial charge >= 0.3 is 0 Å². The summed E-state index contributed by atoms with van der Waals surface area (Å²) < 4.78 is 0. The molecule has 2 rings (SSSR count). The number of carbonyl (C=O) groups excluding carboxylic acids is 1. The van der Waals surface area contributed by atoms with E-state index in [-0.39, 0.29) is 23.5 Å². The van der Waals surface area contributed by atoms with Crippen LogP contribution in [0.2, 0.25) is 0 Å². The zero-order chi connectivity index (χ0) is 18.4. The number of nitrogens with zero attached hydrogens (tertiary/aromatic N) is 2. The highest BCUT2D eigenvalue weighted by atomic mass is 16.6. The third-order valence-electron chi connectivity index (χ3n) is 3.42. The second-order valence-electron chi connectivity index (χ2n) is 5.47. The number of phenols is 1. The molecule has 0 aromatic heterocycles. The number of hydrogen-bond donors (Lipinski definition) is 3. The Labute approximate surface area is 144 Å². The smallest absolute Gasteiger partial charge is 0.270 e. The lowest BCUT2D eigenvalue weighted by atomic mass is 10.1. The third kappa shape index (κ3) is 5.03. The first-order valence-electron chi connectivity index (χ1n) is 7.47. The molecule has 3 N–H and O–H groups in total. The fourth-order valence-electron chi connectivity index (χ4n) is 2.06. The fourth-order valence-corrected chi connectivity index (χ4v) is 2.06. The van der Waals surface area contributed by atoms with Gasteiger partial charge in [0, 0.05) is 23.4 Å². The second kappa shape index (κ2) is 7.91. The standard InChI is InChI=1S/C17H18N4O4/c1-11-3-5-14(6-4-11)18-10-16(22)20-19-9-13-8-15(21(24)25)7-12(2)17(13)23/h3-9,18,23H,10H2,1-2H3,(H,20,22)/b19-9-. The molecule has 0 aliphatic rings. The lowest BCUT2D eigenvalue weighted by molar-refractivity contribution is -0.384. The number of nitro groups is 1.